The Kier molecular flexibility index (Phi) is 2.25. The molecule has 0 spiro atoms. The highest BCUT2D eigenvalue weighted by Crippen LogP contribution is 1.96. The Morgan fingerprint density at radius 2 is 2.55 bits per heavy atom. The third-order valence-corrected chi connectivity index (χ3v) is 1.55. The predicted molar refractivity (Wildman–Crippen MR) is 41.2 cm³/mol. The Morgan fingerprint density at radius 3 is 3.00 bits per heavy atom. The van der Waals surface area contributed by atoms with Crippen molar-refractivity contribution >= 4 is 5.91 Å². The first kappa shape index (κ1) is 7.78. The first-order valence-corrected chi connectivity index (χ1v) is 3.49. The molecule has 60 valence electrons. The molecule has 0 aliphatic rings. The van der Waals surface area contributed by atoms with Crippen LogP contribution in [-0.4, -0.2) is 34.4 Å². The number of H-pyrrole nitrogens is 1. The fraction of sp³-hybridized carbons (Fsp3) is 0.429. The first-order chi connectivity index (χ1) is 5.25. The molecular formula is C7H11N3O. The Labute approximate surface area is 65.2 Å². The van der Waals surface area contributed by atoms with Crippen LogP contribution in [0.4, 0.5) is 0 Å². The summed E-state index contributed by atoms with van der Waals surface area (Å²) < 4.78 is 0. The molecule has 0 saturated heterocycles. The number of rotatable bonds is 2. The molecule has 0 bridgehead atoms. The lowest BCUT2D eigenvalue weighted by Crippen LogP contribution is -2.26. The van der Waals surface area contributed by atoms with Gasteiger partial charge in [-0.05, 0) is 6.92 Å². The zero-order valence-electron chi connectivity index (χ0n) is 6.66. The van der Waals surface area contributed by atoms with Gasteiger partial charge in [-0.2, -0.15) is 0 Å². The summed E-state index contributed by atoms with van der Waals surface area (Å²) >= 11 is 0. The van der Waals surface area contributed by atoms with Crippen molar-refractivity contribution in [1.82, 2.24) is 14.9 Å². The van der Waals surface area contributed by atoms with Gasteiger partial charge in [-0.1, -0.05) is 0 Å². The van der Waals surface area contributed by atoms with E-state index < -0.39 is 0 Å². The molecule has 11 heavy (non-hydrogen) atoms. The Balaban J connectivity index is 2.70. The number of imidazole rings is 1. The number of aromatic nitrogens is 2. The van der Waals surface area contributed by atoms with E-state index in [1.165, 1.54) is 12.5 Å². The van der Waals surface area contributed by atoms with Crippen LogP contribution in [0, 0.1) is 0 Å². The molecule has 1 aromatic rings. The minimum atomic E-state index is -0.0231. The lowest BCUT2D eigenvalue weighted by molar-refractivity contribution is 0.0797. The van der Waals surface area contributed by atoms with Crippen molar-refractivity contribution in [3.8, 4) is 0 Å². The summed E-state index contributed by atoms with van der Waals surface area (Å²) in [6, 6.07) is 0. The highest BCUT2D eigenvalue weighted by Gasteiger charge is 2.09. The Hall–Kier alpha value is -1.32. The lowest BCUT2D eigenvalue weighted by atomic mass is 10.4. The van der Waals surface area contributed by atoms with Crippen molar-refractivity contribution in [2.75, 3.05) is 13.6 Å². The normalized spacial score (nSPS) is 9.64. The van der Waals surface area contributed by atoms with Crippen molar-refractivity contribution < 1.29 is 4.79 Å². The molecule has 0 aromatic carbocycles. The van der Waals surface area contributed by atoms with Crippen LogP contribution in [0.1, 0.15) is 17.4 Å². The predicted octanol–water partition coefficient (Wildman–Crippen LogP) is 0.502. The second kappa shape index (κ2) is 3.18. The Morgan fingerprint density at radius 1 is 1.82 bits per heavy atom. The number of hydrogen-bond donors (Lipinski definition) is 1. The van der Waals surface area contributed by atoms with Crippen molar-refractivity contribution in [3.63, 3.8) is 0 Å². The highest BCUT2D eigenvalue weighted by atomic mass is 16.2. The van der Waals surface area contributed by atoms with E-state index in [-0.39, 0.29) is 5.91 Å². The van der Waals surface area contributed by atoms with Crippen LogP contribution < -0.4 is 0 Å². The van der Waals surface area contributed by atoms with Crippen molar-refractivity contribution in [1.29, 1.82) is 0 Å². The van der Waals surface area contributed by atoms with Crippen molar-refractivity contribution in [3.05, 3.63) is 18.2 Å². The van der Waals surface area contributed by atoms with E-state index in [0.717, 1.165) is 0 Å². The van der Waals surface area contributed by atoms with Crippen LogP contribution in [0.25, 0.3) is 0 Å². The first-order valence-electron chi connectivity index (χ1n) is 3.49. The molecule has 0 aliphatic carbocycles. The summed E-state index contributed by atoms with van der Waals surface area (Å²) in [6.45, 7) is 2.63. The van der Waals surface area contributed by atoms with E-state index in [0.29, 0.717) is 12.2 Å². The summed E-state index contributed by atoms with van der Waals surface area (Å²) in [5.74, 6) is -0.0231. The molecule has 0 atom stereocenters. The zero-order valence-corrected chi connectivity index (χ0v) is 6.66. The SMILES string of the molecule is CCN(C)C(=O)c1cnc[nH]1. The summed E-state index contributed by atoms with van der Waals surface area (Å²) in [5, 5.41) is 0. The maximum Gasteiger partial charge on any atom is 0.271 e. The molecule has 1 aromatic heterocycles. The summed E-state index contributed by atoms with van der Waals surface area (Å²) in [5.41, 5.74) is 0.536. The van der Waals surface area contributed by atoms with E-state index in [1.807, 2.05) is 6.92 Å². The molecule has 1 amide bonds. The second-order valence-corrected chi connectivity index (χ2v) is 2.28. The molecule has 1 heterocycles. The largest absolute Gasteiger partial charge is 0.341 e. The molecule has 0 aliphatic heterocycles. The van der Waals surface area contributed by atoms with Crippen LogP contribution >= 0.6 is 0 Å². The monoisotopic (exact) mass is 153 g/mol. The van der Waals surface area contributed by atoms with Crippen molar-refractivity contribution in [2.45, 2.75) is 6.92 Å². The van der Waals surface area contributed by atoms with Crippen molar-refractivity contribution in [2.24, 2.45) is 0 Å². The molecular weight excluding hydrogens is 142 g/mol. The third kappa shape index (κ3) is 1.58. The molecule has 4 nitrogen and oxygen atoms in total. The number of carbonyl (C=O) groups excluding carboxylic acids is 1. The molecule has 1 N–H and O–H groups in total. The number of carbonyl (C=O) groups is 1. The fourth-order valence-electron chi connectivity index (χ4n) is 0.722. The standard InChI is InChI=1S/C7H11N3O/c1-3-10(2)7(11)6-4-8-5-9-6/h4-5H,3H2,1-2H3,(H,8,9). The fourth-order valence-corrected chi connectivity index (χ4v) is 0.722. The van der Waals surface area contributed by atoms with Gasteiger partial charge >= 0.3 is 0 Å². The van der Waals surface area contributed by atoms with E-state index in [1.54, 1.807) is 11.9 Å². The van der Waals surface area contributed by atoms with Gasteiger partial charge in [0.25, 0.3) is 5.91 Å². The van der Waals surface area contributed by atoms with Crippen LogP contribution in [0.5, 0.6) is 0 Å². The minimum Gasteiger partial charge on any atom is -0.341 e. The van der Waals surface area contributed by atoms with Gasteiger partial charge < -0.3 is 9.88 Å². The van der Waals surface area contributed by atoms with Gasteiger partial charge in [-0.25, -0.2) is 4.98 Å². The van der Waals surface area contributed by atoms with Crippen LogP contribution in [0.3, 0.4) is 0 Å². The lowest BCUT2D eigenvalue weighted by Gasteiger charge is -2.11. The van der Waals surface area contributed by atoms with E-state index in [2.05, 4.69) is 9.97 Å². The van der Waals surface area contributed by atoms with Gasteiger partial charge in [0, 0.05) is 13.6 Å². The van der Waals surface area contributed by atoms with E-state index in [4.69, 9.17) is 0 Å². The zero-order chi connectivity index (χ0) is 8.27. The second-order valence-electron chi connectivity index (χ2n) is 2.28. The average molecular weight is 153 g/mol. The maximum atomic E-state index is 11.3. The third-order valence-electron chi connectivity index (χ3n) is 1.55. The van der Waals surface area contributed by atoms with Gasteiger partial charge in [0.15, 0.2) is 0 Å². The van der Waals surface area contributed by atoms with Gasteiger partial charge in [0.05, 0.1) is 12.5 Å². The van der Waals surface area contributed by atoms with E-state index >= 15 is 0 Å². The summed E-state index contributed by atoms with van der Waals surface area (Å²) in [7, 11) is 1.75. The van der Waals surface area contributed by atoms with Gasteiger partial charge in [-0.3, -0.25) is 4.79 Å². The number of nitrogens with one attached hydrogen (secondary N) is 1. The molecule has 0 unspecified atom stereocenters. The van der Waals surface area contributed by atoms with Crippen LogP contribution in [0.15, 0.2) is 12.5 Å². The number of amides is 1. The van der Waals surface area contributed by atoms with Crippen LogP contribution in [-0.2, 0) is 0 Å². The molecule has 0 fully saturated rings. The number of hydrogen-bond acceptors (Lipinski definition) is 2. The Bertz CT molecular complexity index is 230. The quantitative estimate of drug-likeness (QED) is 0.672. The summed E-state index contributed by atoms with van der Waals surface area (Å²) in [4.78, 5) is 19.4. The summed E-state index contributed by atoms with van der Waals surface area (Å²) in [6.07, 6.45) is 3.02. The molecule has 1 rings (SSSR count). The smallest absolute Gasteiger partial charge is 0.271 e. The molecule has 0 radical (unpaired) electrons. The topological polar surface area (TPSA) is 49.0 Å². The van der Waals surface area contributed by atoms with Gasteiger partial charge in [-0.15, -0.1) is 0 Å². The highest BCUT2D eigenvalue weighted by molar-refractivity contribution is 5.91. The van der Waals surface area contributed by atoms with E-state index in [9.17, 15) is 4.79 Å². The minimum absolute atomic E-state index is 0.0231. The molecule has 4 heteroatoms. The molecule has 0 saturated carbocycles. The number of nitrogens with zero attached hydrogens (tertiary/aromatic N) is 2. The average Bonchev–Trinajstić information content (AvgIpc) is 2.53. The number of aromatic amines is 1. The van der Waals surface area contributed by atoms with Gasteiger partial charge in [0.2, 0.25) is 0 Å². The maximum absolute atomic E-state index is 11.3. The van der Waals surface area contributed by atoms with Crippen LogP contribution in [0.2, 0.25) is 0 Å². The van der Waals surface area contributed by atoms with Gasteiger partial charge in [0.1, 0.15) is 5.69 Å².